The third kappa shape index (κ3) is 5.37. The van der Waals surface area contributed by atoms with Crippen LogP contribution in [0.15, 0.2) is 24.3 Å². The van der Waals surface area contributed by atoms with Crippen molar-refractivity contribution in [1.82, 2.24) is 5.32 Å². The number of hydrogen-bond acceptors (Lipinski definition) is 3. The van der Waals surface area contributed by atoms with Crippen LogP contribution in [0.4, 0.5) is 13.2 Å². The fourth-order valence-electron chi connectivity index (χ4n) is 2.78. The van der Waals surface area contributed by atoms with Crippen LogP contribution < -0.4 is 10.1 Å². The first-order valence-corrected chi connectivity index (χ1v) is 8.10. The van der Waals surface area contributed by atoms with E-state index in [0.29, 0.717) is 24.8 Å². The van der Waals surface area contributed by atoms with Gasteiger partial charge in [0.05, 0.1) is 0 Å². The molecule has 0 bridgehead atoms. The molecule has 25 heavy (non-hydrogen) atoms. The summed E-state index contributed by atoms with van der Waals surface area (Å²) < 4.78 is 41.4. The van der Waals surface area contributed by atoms with E-state index in [1.807, 2.05) is 6.92 Å². The number of para-hydroxylation sites is 1. The van der Waals surface area contributed by atoms with Crippen molar-refractivity contribution in [2.24, 2.45) is 5.92 Å². The Morgan fingerprint density at radius 2 is 2.04 bits per heavy atom. The van der Waals surface area contributed by atoms with Crippen LogP contribution in [0.3, 0.4) is 0 Å². The number of rotatable bonds is 8. The van der Waals surface area contributed by atoms with Gasteiger partial charge in [0, 0.05) is 5.92 Å². The van der Waals surface area contributed by atoms with Crippen molar-refractivity contribution >= 4 is 11.9 Å². The van der Waals surface area contributed by atoms with Crippen molar-refractivity contribution < 1.29 is 32.6 Å². The predicted octanol–water partition coefficient (Wildman–Crippen LogP) is 3.45. The van der Waals surface area contributed by atoms with Gasteiger partial charge in [-0.1, -0.05) is 38.0 Å². The number of carbonyl (C=O) groups is 2. The van der Waals surface area contributed by atoms with Gasteiger partial charge in [-0.05, 0) is 30.4 Å². The van der Waals surface area contributed by atoms with Crippen LogP contribution in [0.5, 0.6) is 5.75 Å². The quantitative estimate of drug-likeness (QED) is 0.745. The molecule has 3 unspecified atom stereocenters. The molecule has 0 saturated heterocycles. The summed E-state index contributed by atoms with van der Waals surface area (Å²) in [6.07, 6.45) is -2.66. The summed E-state index contributed by atoms with van der Waals surface area (Å²) in [6.45, 7) is 1.91. The standard InChI is InChI=1S/C17H20F3NO4/c1-2-3-7-13(16(23)24)21-15(22)12-9-11(12)10-6-4-5-8-14(10)25-17(18,19)20/h4-6,8,11-13H,2-3,7,9H2,1H3,(H,21,22)(H,23,24). The van der Waals surface area contributed by atoms with Gasteiger partial charge in [-0.15, -0.1) is 13.2 Å². The minimum Gasteiger partial charge on any atom is -0.480 e. The minimum absolute atomic E-state index is 0.306. The minimum atomic E-state index is -4.81. The highest BCUT2D eigenvalue weighted by Gasteiger charge is 2.47. The van der Waals surface area contributed by atoms with Crippen molar-refractivity contribution in [2.75, 3.05) is 0 Å². The van der Waals surface area contributed by atoms with E-state index in [2.05, 4.69) is 10.1 Å². The normalized spacial score (nSPS) is 20.6. The van der Waals surface area contributed by atoms with Gasteiger partial charge in [0.25, 0.3) is 0 Å². The van der Waals surface area contributed by atoms with E-state index >= 15 is 0 Å². The number of aliphatic carboxylic acids is 1. The smallest absolute Gasteiger partial charge is 0.480 e. The number of alkyl halides is 3. The number of nitrogens with one attached hydrogen (secondary N) is 1. The molecule has 0 aliphatic heterocycles. The zero-order valence-electron chi connectivity index (χ0n) is 13.7. The lowest BCUT2D eigenvalue weighted by Crippen LogP contribution is -2.41. The number of halogens is 3. The molecular weight excluding hydrogens is 339 g/mol. The van der Waals surface area contributed by atoms with Gasteiger partial charge >= 0.3 is 12.3 Å². The lowest BCUT2D eigenvalue weighted by molar-refractivity contribution is -0.274. The molecule has 2 rings (SSSR count). The molecule has 1 fully saturated rings. The van der Waals surface area contributed by atoms with E-state index < -0.39 is 36.1 Å². The monoisotopic (exact) mass is 359 g/mol. The van der Waals surface area contributed by atoms with Gasteiger partial charge in [0.1, 0.15) is 11.8 Å². The molecule has 0 aromatic heterocycles. The lowest BCUT2D eigenvalue weighted by Gasteiger charge is -2.15. The zero-order chi connectivity index (χ0) is 18.6. The summed E-state index contributed by atoms with van der Waals surface area (Å²) in [4.78, 5) is 23.4. The summed E-state index contributed by atoms with van der Waals surface area (Å²) in [5, 5.41) is 11.6. The highest BCUT2D eigenvalue weighted by Crippen LogP contribution is 2.51. The van der Waals surface area contributed by atoms with Crippen molar-refractivity contribution in [3.05, 3.63) is 29.8 Å². The van der Waals surface area contributed by atoms with Crippen LogP contribution in [0.25, 0.3) is 0 Å². The van der Waals surface area contributed by atoms with E-state index in [0.717, 1.165) is 6.42 Å². The molecular formula is C17H20F3NO4. The Bertz CT molecular complexity index is 633. The second-order valence-corrected chi connectivity index (χ2v) is 6.08. The first-order valence-electron chi connectivity index (χ1n) is 8.10. The third-order valence-corrected chi connectivity index (χ3v) is 4.13. The molecule has 1 aliphatic carbocycles. The number of benzene rings is 1. The van der Waals surface area contributed by atoms with Crippen LogP contribution >= 0.6 is 0 Å². The van der Waals surface area contributed by atoms with Crippen LogP contribution in [0, 0.1) is 5.92 Å². The second-order valence-electron chi connectivity index (χ2n) is 6.08. The molecule has 8 heteroatoms. The van der Waals surface area contributed by atoms with Crippen LogP contribution in [-0.4, -0.2) is 29.4 Å². The Morgan fingerprint density at radius 1 is 1.36 bits per heavy atom. The van der Waals surface area contributed by atoms with Crippen LogP contribution in [0.2, 0.25) is 0 Å². The highest BCUT2D eigenvalue weighted by atomic mass is 19.4. The number of carbonyl (C=O) groups excluding carboxylic acids is 1. The zero-order valence-corrected chi connectivity index (χ0v) is 13.7. The van der Waals surface area contributed by atoms with Gasteiger partial charge < -0.3 is 15.2 Å². The second kappa shape index (κ2) is 7.76. The largest absolute Gasteiger partial charge is 0.573 e. The number of amides is 1. The van der Waals surface area contributed by atoms with E-state index in [4.69, 9.17) is 5.11 Å². The van der Waals surface area contributed by atoms with Crippen molar-refractivity contribution in [2.45, 2.75) is 50.9 Å². The van der Waals surface area contributed by atoms with E-state index in [1.54, 1.807) is 6.07 Å². The van der Waals surface area contributed by atoms with Crippen molar-refractivity contribution in [1.29, 1.82) is 0 Å². The maximum Gasteiger partial charge on any atom is 0.573 e. The number of carboxylic acid groups (broad SMARTS) is 1. The predicted molar refractivity (Wildman–Crippen MR) is 83.1 cm³/mol. The Kier molecular flexibility index (Phi) is 5.92. The van der Waals surface area contributed by atoms with Gasteiger partial charge in [-0.25, -0.2) is 4.79 Å². The van der Waals surface area contributed by atoms with Gasteiger partial charge in [-0.3, -0.25) is 4.79 Å². The Balaban J connectivity index is 2.02. The Morgan fingerprint density at radius 3 is 2.64 bits per heavy atom. The van der Waals surface area contributed by atoms with Crippen molar-refractivity contribution in [3.63, 3.8) is 0 Å². The molecule has 3 atom stereocenters. The number of ether oxygens (including phenoxy) is 1. The Labute approximate surface area is 143 Å². The summed E-state index contributed by atoms with van der Waals surface area (Å²) in [5.41, 5.74) is 0.306. The lowest BCUT2D eigenvalue weighted by atomic mass is 10.1. The molecule has 0 radical (unpaired) electrons. The van der Waals surface area contributed by atoms with E-state index in [9.17, 15) is 22.8 Å². The molecule has 0 spiro atoms. The molecule has 0 heterocycles. The average Bonchev–Trinajstić information content (AvgIpc) is 3.30. The first-order chi connectivity index (χ1) is 11.7. The van der Waals surface area contributed by atoms with E-state index in [-0.39, 0.29) is 5.75 Å². The number of unbranched alkanes of at least 4 members (excludes halogenated alkanes) is 1. The van der Waals surface area contributed by atoms with Gasteiger partial charge in [0.2, 0.25) is 5.91 Å². The average molecular weight is 359 g/mol. The van der Waals surface area contributed by atoms with Crippen LogP contribution in [0.1, 0.15) is 44.1 Å². The number of carboxylic acids is 1. The molecule has 1 saturated carbocycles. The van der Waals surface area contributed by atoms with Gasteiger partial charge in [-0.2, -0.15) is 0 Å². The summed E-state index contributed by atoms with van der Waals surface area (Å²) >= 11 is 0. The maximum atomic E-state index is 12.5. The van der Waals surface area contributed by atoms with Crippen molar-refractivity contribution in [3.8, 4) is 5.75 Å². The molecule has 2 N–H and O–H groups in total. The third-order valence-electron chi connectivity index (χ3n) is 4.13. The maximum absolute atomic E-state index is 12.5. The molecule has 5 nitrogen and oxygen atoms in total. The van der Waals surface area contributed by atoms with Gasteiger partial charge in [0.15, 0.2) is 0 Å². The summed E-state index contributed by atoms with van der Waals surface area (Å²) in [6, 6.07) is 4.72. The molecule has 1 aromatic rings. The number of hydrogen-bond donors (Lipinski definition) is 2. The SMILES string of the molecule is CCCCC(NC(=O)C1CC1c1ccccc1OC(F)(F)F)C(=O)O. The first kappa shape index (κ1) is 19.1. The molecule has 138 valence electrons. The summed E-state index contributed by atoms with van der Waals surface area (Å²) in [7, 11) is 0. The Hall–Kier alpha value is -2.25. The molecule has 1 aromatic carbocycles. The highest BCUT2D eigenvalue weighted by molar-refractivity contribution is 5.87. The van der Waals surface area contributed by atoms with E-state index in [1.165, 1.54) is 18.2 Å². The molecule has 1 aliphatic rings. The van der Waals surface area contributed by atoms with Crippen LogP contribution in [-0.2, 0) is 9.59 Å². The fourth-order valence-corrected chi connectivity index (χ4v) is 2.78. The fraction of sp³-hybridized carbons (Fsp3) is 0.529. The molecule has 1 amide bonds. The summed E-state index contributed by atoms with van der Waals surface area (Å²) in [5.74, 6) is -2.83. The topological polar surface area (TPSA) is 75.6 Å².